The van der Waals surface area contributed by atoms with Gasteiger partial charge in [-0.2, -0.15) is 0 Å². The molecule has 0 bridgehead atoms. The largest absolute Gasteiger partial charge is 0.399 e. The third kappa shape index (κ3) is 4.86. The molecule has 1 unspecified atom stereocenters. The van der Waals surface area contributed by atoms with Gasteiger partial charge >= 0.3 is 0 Å². The fraction of sp³-hybridized carbons (Fsp3) is 0.375. The summed E-state index contributed by atoms with van der Waals surface area (Å²) in [6, 6.07) is 7.69. The summed E-state index contributed by atoms with van der Waals surface area (Å²) < 4.78 is 0. The number of amides is 1. The van der Waals surface area contributed by atoms with Crippen molar-refractivity contribution in [2.75, 3.05) is 12.3 Å². The van der Waals surface area contributed by atoms with Crippen molar-refractivity contribution < 1.29 is 4.79 Å². The number of carbonyl (C=O) groups is 1. The second kappa shape index (κ2) is 7.22. The van der Waals surface area contributed by atoms with E-state index in [-0.39, 0.29) is 11.8 Å². The zero-order chi connectivity index (χ0) is 15.2. The normalized spacial score (nSPS) is 12.1. The molecule has 1 atom stereocenters. The monoisotopic (exact) mass is 303 g/mol. The van der Waals surface area contributed by atoms with Gasteiger partial charge in [0.1, 0.15) is 0 Å². The van der Waals surface area contributed by atoms with Gasteiger partial charge in [0.2, 0.25) is 5.91 Å². The third-order valence-electron chi connectivity index (χ3n) is 3.37. The minimum Gasteiger partial charge on any atom is -0.399 e. The summed E-state index contributed by atoms with van der Waals surface area (Å²) in [5.74, 6) is 0.262. The fourth-order valence-corrected chi connectivity index (χ4v) is 2.79. The Labute approximate surface area is 129 Å². The summed E-state index contributed by atoms with van der Waals surface area (Å²) in [5, 5.41) is 6.06. The van der Waals surface area contributed by atoms with E-state index in [1.807, 2.05) is 36.6 Å². The minimum atomic E-state index is 0.0753. The van der Waals surface area contributed by atoms with Gasteiger partial charge in [-0.25, -0.2) is 4.98 Å². The molecule has 1 aromatic heterocycles. The Balaban J connectivity index is 1.75. The highest BCUT2D eigenvalue weighted by Gasteiger charge is 2.11. The molecule has 3 N–H and O–H groups in total. The van der Waals surface area contributed by atoms with Crippen molar-refractivity contribution in [3.05, 3.63) is 45.9 Å². The van der Waals surface area contributed by atoms with Crippen LogP contribution in [0.1, 0.15) is 35.5 Å². The number of nitrogens with one attached hydrogen (secondary N) is 1. The van der Waals surface area contributed by atoms with E-state index in [4.69, 9.17) is 5.73 Å². The zero-order valence-electron chi connectivity index (χ0n) is 12.4. The average Bonchev–Trinajstić information content (AvgIpc) is 2.85. The van der Waals surface area contributed by atoms with Crippen molar-refractivity contribution in [2.45, 2.75) is 32.6 Å². The van der Waals surface area contributed by atoms with Gasteiger partial charge in [0.25, 0.3) is 0 Å². The smallest absolute Gasteiger partial charge is 0.220 e. The van der Waals surface area contributed by atoms with Crippen LogP contribution in [-0.2, 0) is 11.2 Å². The van der Waals surface area contributed by atoms with E-state index in [1.165, 1.54) is 0 Å². The highest BCUT2D eigenvalue weighted by atomic mass is 32.1. The number of aryl methyl sites for hydroxylation is 1. The number of nitrogens with zero attached hydrogens (tertiary/aromatic N) is 1. The number of rotatable bonds is 6. The van der Waals surface area contributed by atoms with E-state index in [0.29, 0.717) is 13.0 Å². The number of hydrogen-bond donors (Lipinski definition) is 2. The predicted octanol–water partition coefficient (Wildman–Crippen LogP) is 2.89. The summed E-state index contributed by atoms with van der Waals surface area (Å²) in [5.41, 5.74) is 8.59. The summed E-state index contributed by atoms with van der Waals surface area (Å²) >= 11 is 1.64. The predicted molar refractivity (Wildman–Crippen MR) is 87.5 cm³/mol. The lowest BCUT2D eigenvalue weighted by Crippen LogP contribution is -2.26. The molecule has 0 saturated heterocycles. The summed E-state index contributed by atoms with van der Waals surface area (Å²) in [7, 11) is 0. The molecule has 0 fully saturated rings. The Bertz CT molecular complexity index is 592. The van der Waals surface area contributed by atoms with E-state index < -0.39 is 0 Å². The minimum absolute atomic E-state index is 0.0753. The Morgan fingerprint density at radius 1 is 1.38 bits per heavy atom. The highest BCUT2D eigenvalue weighted by Crippen LogP contribution is 2.19. The van der Waals surface area contributed by atoms with Crippen LogP contribution in [0.5, 0.6) is 0 Å². The maximum Gasteiger partial charge on any atom is 0.220 e. The number of benzene rings is 1. The molecular weight excluding hydrogens is 282 g/mol. The first kappa shape index (κ1) is 15.5. The van der Waals surface area contributed by atoms with Crippen LogP contribution in [0.4, 0.5) is 5.69 Å². The summed E-state index contributed by atoms with van der Waals surface area (Å²) in [4.78, 5) is 16.3. The van der Waals surface area contributed by atoms with Crippen LogP contribution in [0.15, 0.2) is 29.6 Å². The van der Waals surface area contributed by atoms with Gasteiger partial charge in [0, 0.05) is 30.5 Å². The molecule has 0 spiro atoms. The molecule has 112 valence electrons. The van der Waals surface area contributed by atoms with E-state index in [0.717, 1.165) is 28.4 Å². The topological polar surface area (TPSA) is 68.0 Å². The maximum atomic E-state index is 11.9. The van der Waals surface area contributed by atoms with Crippen molar-refractivity contribution >= 4 is 22.9 Å². The highest BCUT2D eigenvalue weighted by molar-refractivity contribution is 7.09. The van der Waals surface area contributed by atoms with E-state index in [9.17, 15) is 4.79 Å². The number of aromatic nitrogens is 1. The van der Waals surface area contributed by atoms with Crippen molar-refractivity contribution in [2.24, 2.45) is 0 Å². The number of nitrogen functional groups attached to an aromatic ring is 1. The molecule has 4 nitrogen and oxygen atoms in total. The van der Waals surface area contributed by atoms with Crippen molar-refractivity contribution in [1.82, 2.24) is 10.3 Å². The van der Waals surface area contributed by atoms with Crippen LogP contribution in [0, 0.1) is 6.92 Å². The van der Waals surface area contributed by atoms with Crippen LogP contribution in [-0.4, -0.2) is 17.4 Å². The molecule has 5 heteroatoms. The third-order valence-corrected chi connectivity index (χ3v) is 4.19. The zero-order valence-corrected chi connectivity index (χ0v) is 13.2. The molecule has 2 aromatic rings. The van der Waals surface area contributed by atoms with Crippen LogP contribution < -0.4 is 11.1 Å². The van der Waals surface area contributed by atoms with Gasteiger partial charge in [-0.3, -0.25) is 4.79 Å². The molecule has 21 heavy (non-hydrogen) atoms. The average molecular weight is 303 g/mol. The molecule has 2 rings (SSSR count). The van der Waals surface area contributed by atoms with Crippen molar-refractivity contribution in [3.63, 3.8) is 0 Å². The van der Waals surface area contributed by atoms with Crippen LogP contribution in [0.2, 0.25) is 0 Å². The second-order valence-corrected chi connectivity index (χ2v) is 6.29. The maximum absolute atomic E-state index is 11.9. The molecular formula is C16H21N3OS. The number of anilines is 1. The van der Waals surface area contributed by atoms with Gasteiger partial charge in [-0.15, -0.1) is 11.3 Å². The molecule has 1 amide bonds. The first-order chi connectivity index (χ1) is 10.0. The Morgan fingerprint density at radius 2 is 2.10 bits per heavy atom. The van der Waals surface area contributed by atoms with E-state index in [1.54, 1.807) is 11.3 Å². The molecule has 0 aliphatic rings. The molecule has 0 aliphatic carbocycles. The molecule has 1 aromatic carbocycles. The molecule has 1 heterocycles. The van der Waals surface area contributed by atoms with Gasteiger partial charge in [-0.1, -0.05) is 19.1 Å². The van der Waals surface area contributed by atoms with Crippen molar-refractivity contribution in [3.8, 4) is 0 Å². The quantitative estimate of drug-likeness (QED) is 0.806. The Kier molecular flexibility index (Phi) is 5.33. The Hall–Kier alpha value is -1.88. The lowest BCUT2D eigenvalue weighted by atomic mass is 9.97. The molecule has 0 saturated carbocycles. The Morgan fingerprint density at radius 3 is 2.71 bits per heavy atom. The van der Waals surface area contributed by atoms with Crippen LogP contribution in [0.3, 0.4) is 0 Å². The fourth-order valence-electron chi connectivity index (χ4n) is 2.15. The standard InChI is InChI=1S/C16H21N3OS/c1-11(13-3-5-14(17)6-4-13)9-16(20)18-8-7-15-10-21-12(2)19-15/h3-6,10-11H,7-9,17H2,1-2H3,(H,18,20). The van der Waals surface area contributed by atoms with Gasteiger partial charge < -0.3 is 11.1 Å². The summed E-state index contributed by atoms with van der Waals surface area (Å²) in [6.07, 6.45) is 1.27. The van der Waals surface area contributed by atoms with Gasteiger partial charge in [-0.05, 0) is 30.5 Å². The van der Waals surface area contributed by atoms with E-state index >= 15 is 0 Å². The first-order valence-electron chi connectivity index (χ1n) is 7.07. The molecule has 0 radical (unpaired) electrons. The SMILES string of the molecule is Cc1nc(CCNC(=O)CC(C)c2ccc(N)cc2)cs1. The van der Waals surface area contributed by atoms with Gasteiger partial charge in [0.15, 0.2) is 0 Å². The molecule has 0 aliphatic heterocycles. The number of nitrogens with two attached hydrogens (primary N) is 1. The second-order valence-electron chi connectivity index (χ2n) is 5.23. The number of hydrogen-bond acceptors (Lipinski definition) is 4. The van der Waals surface area contributed by atoms with Crippen LogP contribution in [0.25, 0.3) is 0 Å². The number of carbonyl (C=O) groups excluding carboxylic acids is 1. The lowest BCUT2D eigenvalue weighted by Gasteiger charge is -2.12. The first-order valence-corrected chi connectivity index (χ1v) is 7.95. The van der Waals surface area contributed by atoms with Crippen molar-refractivity contribution in [1.29, 1.82) is 0 Å². The number of thiazole rings is 1. The summed E-state index contributed by atoms with van der Waals surface area (Å²) in [6.45, 7) is 4.67. The van der Waals surface area contributed by atoms with E-state index in [2.05, 4.69) is 17.2 Å². The van der Waals surface area contributed by atoms with Crippen LogP contribution >= 0.6 is 11.3 Å². The van der Waals surface area contributed by atoms with Gasteiger partial charge in [0.05, 0.1) is 10.7 Å². The lowest BCUT2D eigenvalue weighted by molar-refractivity contribution is -0.121.